The summed E-state index contributed by atoms with van der Waals surface area (Å²) in [4.78, 5) is 10.2. The maximum atomic E-state index is 10.2. The molecule has 15 heavy (non-hydrogen) atoms. The van der Waals surface area contributed by atoms with E-state index >= 15 is 0 Å². The molecule has 80 valence electrons. The molecule has 0 radical (unpaired) electrons. The Balaban J connectivity index is 2.94. The van der Waals surface area contributed by atoms with Crippen molar-refractivity contribution < 1.29 is 9.90 Å². The molecule has 0 bridgehead atoms. The van der Waals surface area contributed by atoms with Gasteiger partial charge in [-0.1, -0.05) is 34.8 Å². The summed E-state index contributed by atoms with van der Waals surface area (Å²) in [5.41, 5.74) is 0.212. The lowest BCUT2D eigenvalue weighted by atomic mass is 10.3. The Morgan fingerprint density at radius 3 is 2.27 bits per heavy atom. The second-order valence-electron chi connectivity index (χ2n) is 2.51. The van der Waals surface area contributed by atoms with Crippen LogP contribution in [0.3, 0.4) is 0 Å². The normalized spacial score (nSPS) is 10.9. The summed E-state index contributed by atoms with van der Waals surface area (Å²) in [6.07, 6.45) is 0. The van der Waals surface area contributed by atoms with Gasteiger partial charge in [0.05, 0.1) is 10.0 Å². The summed E-state index contributed by atoms with van der Waals surface area (Å²) in [5, 5.41) is 16.2. The second kappa shape index (κ2) is 5.30. The first-order valence-corrected chi connectivity index (χ1v) is 4.88. The largest absolute Gasteiger partial charge is 0.480 e. The van der Waals surface area contributed by atoms with Crippen molar-refractivity contribution >= 4 is 46.5 Å². The number of nitrogens with zero attached hydrogens (tertiary/aromatic N) is 2. The van der Waals surface area contributed by atoms with Gasteiger partial charge in [0.25, 0.3) is 0 Å². The molecule has 1 aromatic rings. The summed E-state index contributed by atoms with van der Waals surface area (Å²) in [7, 11) is 0. The average molecular weight is 267 g/mol. The van der Waals surface area contributed by atoms with Crippen molar-refractivity contribution in [1.82, 2.24) is 0 Å². The molecule has 0 heterocycles. The fourth-order valence-electron chi connectivity index (χ4n) is 0.797. The summed E-state index contributed by atoms with van der Waals surface area (Å²) in [6.45, 7) is -0.435. The van der Waals surface area contributed by atoms with E-state index in [4.69, 9.17) is 39.9 Å². The van der Waals surface area contributed by atoms with Crippen molar-refractivity contribution in [2.45, 2.75) is 0 Å². The fourth-order valence-corrected chi connectivity index (χ4v) is 1.69. The van der Waals surface area contributed by atoms with Gasteiger partial charge in [0.1, 0.15) is 5.69 Å². The van der Waals surface area contributed by atoms with E-state index in [1.165, 1.54) is 12.1 Å². The Bertz CT molecular complexity index is 397. The number of carboxylic acid groups (broad SMARTS) is 1. The summed E-state index contributed by atoms with van der Waals surface area (Å²) < 4.78 is 0. The molecular formula is C8H5Cl3N2O2. The number of carbonyl (C=O) groups is 1. The molecule has 0 unspecified atom stereocenters. The topological polar surface area (TPSA) is 62.0 Å². The van der Waals surface area contributed by atoms with E-state index in [0.717, 1.165) is 0 Å². The molecule has 0 saturated heterocycles. The molecule has 0 spiro atoms. The van der Waals surface area contributed by atoms with Crippen LogP contribution in [0.1, 0.15) is 0 Å². The highest BCUT2D eigenvalue weighted by Crippen LogP contribution is 2.35. The zero-order chi connectivity index (χ0) is 11.4. The third-order valence-electron chi connectivity index (χ3n) is 1.36. The fraction of sp³-hybridized carbons (Fsp3) is 0.125. The molecule has 0 fully saturated rings. The minimum absolute atomic E-state index is 0.212. The van der Waals surface area contributed by atoms with Crippen LogP contribution in [0, 0.1) is 0 Å². The van der Waals surface area contributed by atoms with Gasteiger partial charge >= 0.3 is 5.97 Å². The molecule has 0 aliphatic rings. The number of hydrogen-bond acceptors (Lipinski definition) is 3. The third-order valence-corrected chi connectivity index (χ3v) is 2.15. The zero-order valence-corrected chi connectivity index (χ0v) is 9.51. The van der Waals surface area contributed by atoms with Crippen molar-refractivity contribution in [3.63, 3.8) is 0 Å². The van der Waals surface area contributed by atoms with Crippen molar-refractivity contribution in [3.05, 3.63) is 27.2 Å². The highest BCUT2D eigenvalue weighted by molar-refractivity contribution is 6.41. The predicted octanol–water partition coefficient (Wildman–Crippen LogP) is 3.82. The van der Waals surface area contributed by atoms with E-state index < -0.39 is 12.5 Å². The van der Waals surface area contributed by atoms with E-state index in [0.29, 0.717) is 5.02 Å². The number of azo groups is 1. The Morgan fingerprint density at radius 1 is 1.27 bits per heavy atom. The van der Waals surface area contributed by atoms with Crippen LogP contribution in [0.2, 0.25) is 15.1 Å². The van der Waals surface area contributed by atoms with Crippen LogP contribution < -0.4 is 0 Å². The maximum Gasteiger partial charge on any atom is 0.327 e. The Kier molecular flexibility index (Phi) is 4.32. The van der Waals surface area contributed by atoms with Gasteiger partial charge in [0, 0.05) is 5.02 Å². The number of benzene rings is 1. The van der Waals surface area contributed by atoms with Gasteiger partial charge in [-0.2, -0.15) is 10.2 Å². The van der Waals surface area contributed by atoms with Crippen molar-refractivity contribution in [2.24, 2.45) is 10.2 Å². The number of hydrogen-bond donors (Lipinski definition) is 1. The molecule has 1 N–H and O–H groups in total. The molecule has 0 saturated carbocycles. The summed E-state index contributed by atoms with van der Waals surface area (Å²) in [6, 6.07) is 2.90. The highest BCUT2D eigenvalue weighted by atomic mass is 35.5. The standard InChI is InChI=1S/C8H5Cl3N2O2/c9-4-1-5(10)8(6(11)2-4)13-12-3-7(14)15/h1-2H,3H2,(H,14,15)/b13-12+. The van der Waals surface area contributed by atoms with Crippen LogP contribution in [0.4, 0.5) is 5.69 Å². The molecule has 0 amide bonds. The second-order valence-corrected chi connectivity index (χ2v) is 3.76. The van der Waals surface area contributed by atoms with Crippen molar-refractivity contribution in [3.8, 4) is 0 Å². The first-order valence-electron chi connectivity index (χ1n) is 3.74. The van der Waals surface area contributed by atoms with Gasteiger partial charge in [0.2, 0.25) is 0 Å². The first kappa shape index (κ1) is 12.2. The quantitative estimate of drug-likeness (QED) is 0.846. The molecule has 0 atom stereocenters. The lowest BCUT2D eigenvalue weighted by Crippen LogP contribution is -1.97. The Labute approximate surface area is 100 Å². The van der Waals surface area contributed by atoms with Gasteiger partial charge in [0.15, 0.2) is 6.54 Å². The van der Waals surface area contributed by atoms with Gasteiger partial charge < -0.3 is 5.11 Å². The van der Waals surface area contributed by atoms with Crippen LogP contribution in [-0.2, 0) is 4.79 Å². The SMILES string of the molecule is O=C(O)C/N=N/c1c(Cl)cc(Cl)cc1Cl. The number of carboxylic acids is 1. The van der Waals surface area contributed by atoms with Crippen LogP contribution >= 0.6 is 34.8 Å². The van der Waals surface area contributed by atoms with Crippen LogP contribution in [-0.4, -0.2) is 17.6 Å². The van der Waals surface area contributed by atoms with E-state index in [-0.39, 0.29) is 15.7 Å². The molecule has 7 heteroatoms. The number of halogens is 3. The van der Waals surface area contributed by atoms with E-state index in [1.807, 2.05) is 0 Å². The molecule has 0 aliphatic heterocycles. The maximum absolute atomic E-state index is 10.2. The number of rotatable bonds is 3. The van der Waals surface area contributed by atoms with Gasteiger partial charge in [-0.15, -0.1) is 0 Å². The van der Waals surface area contributed by atoms with Crippen molar-refractivity contribution in [2.75, 3.05) is 6.54 Å². The molecule has 4 nitrogen and oxygen atoms in total. The zero-order valence-electron chi connectivity index (χ0n) is 7.25. The Hall–Kier alpha value is -0.840. The lowest BCUT2D eigenvalue weighted by Gasteiger charge is -2.00. The highest BCUT2D eigenvalue weighted by Gasteiger charge is 2.06. The Morgan fingerprint density at radius 2 is 1.80 bits per heavy atom. The van der Waals surface area contributed by atoms with Crippen LogP contribution in [0.25, 0.3) is 0 Å². The predicted molar refractivity (Wildman–Crippen MR) is 58.5 cm³/mol. The number of aliphatic carboxylic acids is 1. The van der Waals surface area contributed by atoms with Crippen LogP contribution in [0.15, 0.2) is 22.4 Å². The summed E-state index contributed by atoms with van der Waals surface area (Å²) in [5.74, 6) is -1.08. The lowest BCUT2D eigenvalue weighted by molar-refractivity contribution is -0.135. The van der Waals surface area contributed by atoms with E-state index in [2.05, 4.69) is 10.2 Å². The molecular weight excluding hydrogens is 262 g/mol. The van der Waals surface area contributed by atoms with Gasteiger partial charge in [-0.3, -0.25) is 4.79 Å². The molecule has 1 aromatic carbocycles. The first-order chi connectivity index (χ1) is 7.00. The third kappa shape index (κ3) is 3.66. The summed E-state index contributed by atoms with van der Waals surface area (Å²) >= 11 is 17.2. The minimum atomic E-state index is -1.08. The van der Waals surface area contributed by atoms with Gasteiger partial charge in [-0.25, -0.2) is 0 Å². The average Bonchev–Trinajstić information content (AvgIpc) is 2.08. The molecule has 0 aliphatic carbocycles. The van der Waals surface area contributed by atoms with E-state index in [9.17, 15) is 4.79 Å². The van der Waals surface area contributed by atoms with Gasteiger partial charge in [-0.05, 0) is 12.1 Å². The van der Waals surface area contributed by atoms with Crippen molar-refractivity contribution in [1.29, 1.82) is 0 Å². The smallest absolute Gasteiger partial charge is 0.327 e. The van der Waals surface area contributed by atoms with E-state index in [1.54, 1.807) is 0 Å². The minimum Gasteiger partial charge on any atom is -0.480 e. The monoisotopic (exact) mass is 266 g/mol. The molecule has 1 rings (SSSR count). The molecule has 0 aromatic heterocycles. The van der Waals surface area contributed by atoms with Crippen LogP contribution in [0.5, 0.6) is 0 Å².